The molecule has 126 valence electrons. The third-order valence-electron chi connectivity index (χ3n) is 3.02. The lowest BCUT2D eigenvalue weighted by atomic mass is 10.2. The van der Waals surface area contributed by atoms with Gasteiger partial charge in [0.05, 0.1) is 23.9 Å². The van der Waals surface area contributed by atoms with Gasteiger partial charge in [0.25, 0.3) is 5.69 Å². The molecule has 0 aromatic heterocycles. The van der Waals surface area contributed by atoms with Gasteiger partial charge in [-0.3, -0.25) is 14.9 Å². The minimum Gasteiger partial charge on any atom is -0.496 e. The zero-order valence-corrected chi connectivity index (χ0v) is 14.8. The van der Waals surface area contributed by atoms with E-state index in [4.69, 9.17) is 17.0 Å². The molecule has 0 aliphatic rings. The van der Waals surface area contributed by atoms with Gasteiger partial charge in [0.2, 0.25) is 5.91 Å². The number of nitro benzene ring substituents is 1. The van der Waals surface area contributed by atoms with Crippen molar-refractivity contribution in [2.75, 3.05) is 31.3 Å². The highest BCUT2D eigenvalue weighted by atomic mass is 32.2. The van der Waals surface area contributed by atoms with Gasteiger partial charge in [0.15, 0.2) is 0 Å². The Morgan fingerprint density at radius 1 is 1.43 bits per heavy atom. The van der Waals surface area contributed by atoms with Crippen molar-refractivity contribution in [3.05, 3.63) is 28.3 Å². The number of carbonyl (C=O) groups excluding carboxylic acids is 1. The van der Waals surface area contributed by atoms with Crippen molar-refractivity contribution in [3.8, 4) is 5.75 Å². The molecule has 0 atom stereocenters. The van der Waals surface area contributed by atoms with Crippen LogP contribution < -0.4 is 10.1 Å². The second-order valence-electron chi connectivity index (χ2n) is 4.42. The molecule has 0 aliphatic heterocycles. The molecule has 0 aliphatic carbocycles. The summed E-state index contributed by atoms with van der Waals surface area (Å²) in [6.45, 7) is 5.51. The first-order valence-electron chi connectivity index (χ1n) is 6.96. The number of carbonyl (C=O) groups is 1. The number of amides is 1. The monoisotopic (exact) mass is 357 g/mol. The fraction of sp³-hybridized carbons (Fsp3) is 0.429. The first-order chi connectivity index (χ1) is 10.9. The highest BCUT2D eigenvalue weighted by Crippen LogP contribution is 2.29. The zero-order chi connectivity index (χ0) is 17.4. The zero-order valence-electron chi connectivity index (χ0n) is 13.2. The summed E-state index contributed by atoms with van der Waals surface area (Å²) in [5, 5.41) is 13.6. The van der Waals surface area contributed by atoms with Crippen LogP contribution in [0.2, 0.25) is 0 Å². The molecule has 1 aromatic carbocycles. The van der Waals surface area contributed by atoms with E-state index in [0.29, 0.717) is 10.1 Å². The van der Waals surface area contributed by atoms with Crippen molar-refractivity contribution in [2.45, 2.75) is 13.8 Å². The van der Waals surface area contributed by atoms with Crippen molar-refractivity contribution in [2.24, 2.45) is 0 Å². The Kier molecular flexibility index (Phi) is 7.76. The van der Waals surface area contributed by atoms with E-state index in [-0.39, 0.29) is 23.0 Å². The average Bonchev–Trinajstić information content (AvgIpc) is 2.54. The Hall–Kier alpha value is -1.87. The molecule has 1 aromatic rings. The third-order valence-corrected chi connectivity index (χ3v) is 4.55. The lowest BCUT2D eigenvalue weighted by Crippen LogP contribution is -2.28. The maximum absolute atomic E-state index is 12.0. The van der Waals surface area contributed by atoms with E-state index >= 15 is 0 Å². The number of thioether (sulfide) groups is 1. The minimum atomic E-state index is -0.564. The first-order valence-corrected chi connectivity index (χ1v) is 8.36. The van der Waals surface area contributed by atoms with Gasteiger partial charge < -0.3 is 15.0 Å². The second kappa shape index (κ2) is 9.31. The topological polar surface area (TPSA) is 84.7 Å². The number of benzene rings is 1. The molecule has 9 heteroatoms. The molecule has 0 fully saturated rings. The molecule has 0 heterocycles. The third kappa shape index (κ3) is 5.68. The molecule has 0 radical (unpaired) electrons. The summed E-state index contributed by atoms with van der Waals surface area (Å²) in [4.78, 5) is 24.4. The predicted molar refractivity (Wildman–Crippen MR) is 96.3 cm³/mol. The van der Waals surface area contributed by atoms with Crippen LogP contribution in [0.3, 0.4) is 0 Å². The average molecular weight is 357 g/mol. The molecule has 1 N–H and O–H groups in total. The molecule has 0 saturated heterocycles. The van der Waals surface area contributed by atoms with E-state index < -0.39 is 4.92 Å². The van der Waals surface area contributed by atoms with Gasteiger partial charge in [-0.25, -0.2) is 0 Å². The fourth-order valence-electron chi connectivity index (χ4n) is 1.78. The fourth-order valence-corrected chi connectivity index (χ4v) is 2.98. The molecular weight excluding hydrogens is 338 g/mol. The van der Waals surface area contributed by atoms with E-state index in [1.165, 1.54) is 31.0 Å². The Morgan fingerprint density at radius 3 is 2.61 bits per heavy atom. The maximum atomic E-state index is 12.0. The van der Waals surface area contributed by atoms with Gasteiger partial charge in [0, 0.05) is 13.1 Å². The molecule has 1 rings (SSSR count). The van der Waals surface area contributed by atoms with Crippen molar-refractivity contribution in [1.82, 2.24) is 4.90 Å². The maximum Gasteiger partial charge on any atom is 0.296 e. The van der Waals surface area contributed by atoms with Gasteiger partial charge in [0.1, 0.15) is 15.8 Å². The van der Waals surface area contributed by atoms with Gasteiger partial charge in [-0.2, -0.15) is 0 Å². The smallest absolute Gasteiger partial charge is 0.296 e. The molecular formula is C14H19N3O4S2. The van der Waals surface area contributed by atoms with E-state index in [0.717, 1.165) is 13.1 Å². The number of anilines is 1. The summed E-state index contributed by atoms with van der Waals surface area (Å²) in [6.07, 6.45) is 0. The Balaban J connectivity index is 2.71. The largest absolute Gasteiger partial charge is 0.496 e. The summed E-state index contributed by atoms with van der Waals surface area (Å²) in [5.41, 5.74) is -0.0795. The Morgan fingerprint density at radius 2 is 2.09 bits per heavy atom. The van der Waals surface area contributed by atoms with Crippen LogP contribution in [-0.4, -0.2) is 46.0 Å². The highest BCUT2D eigenvalue weighted by molar-refractivity contribution is 8.23. The van der Waals surface area contributed by atoms with E-state index in [1.807, 2.05) is 18.7 Å². The number of methoxy groups -OCH3 is 1. The van der Waals surface area contributed by atoms with Crippen LogP contribution in [-0.2, 0) is 4.79 Å². The second-order valence-corrected chi connectivity index (χ2v) is 6.02. The number of nitrogens with zero attached hydrogens (tertiary/aromatic N) is 2. The number of thiocarbonyl (C=S) groups is 1. The van der Waals surface area contributed by atoms with Crippen molar-refractivity contribution < 1.29 is 14.5 Å². The quantitative estimate of drug-likeness (QED) is 0.456. The number of hydrogen-bond donors (Lipinski definition) is 1. The molecule has 0 bridgehead atoms. The summed E-state index contributed by atoms with van der Waals surface area (Å²) >= 11 is 6.47. The summed E-state index contributed by atoms with van der Waals surface area (Å²) in [6, 6.07) is 4.27. The lowest BCUT2D eigenvalue weighted by molar-refractivity contribution is -0.384. The van der Waals surface area contributed by atoms with Crippen LogP contribution >= 0.6 is 24.0 Å². The van der Waals surface area contributed by atoms with Crippen LogP contribution in [0.15, 0.2) is 18.2 Å². The standard InChI is InChI=1S/C14H19N3O4S2/c1-4-16(5-2)14(22)23-9-13(18)15-11-7-6-10(21-3)8-12(11)17(19)20/h6-8H,4-5,9H2,1-3H3,(H,15,18). The van der Waals surface area contributed by atoms with Crippen molar-refractivity contribution in [1.29, 1.82) is 0 Å². The first kappa shape index (κ1) is 19.2. The van der Waals surface area contributed by atoms with Crippen LogP contribution in [0.5, 0.6) is 5.75 Å². The summed E-state index contributed by atoms with van der Waals surface area (Å²) in [7, 11) is 1.42. The van der Waals surface area contributed by atoms with Gasteiger partial charge in [-0.15, -0.1) is 0 Å². The Bertz CT molecular complexity index is 591. The number of hydrogen-bond acceptors (Lipinski definition) is 6. The van der Waals surface area contributed by atoms with Gasteiger partial charge in [-0.1, -0.05) is 24.0 Å². The molecule has 0 spiro atoms. The number of rotatable bonds is 7. The van der Waals surface area contributed by atoms with E-state index in [2.05, 4.69) is 5.32 Å². The van der Waals surface area contributed by atoms with Crippen molar-refractivity contribution in [3.63, 3.8) is 0 Å². The Labute approximate surface area is 144 Å². The molecule has 0 saturated carbocycles. The SMILES string of the molecule is CCN(CC)C(=S)SCC(=O)Nc1ccc(OC)cc1[N+](=O)[O-]. The summed E-state index contributed by atoms with van der Waals surface area (Å²) in [5.74, 6) is 0.1000. The number of nitro groups is 1. The molecule has 7 nitrogen and oxygen atoms in total. The van der Waals surface area contributed by atoms with Gasteiger partial charge >= 0.3 is 0 Å². The molecule has 1 amide bonds. The normalized spacial score (nSPS) is 10.0. The summed E-state index contributed by atoms with van der Waals surface area (Å²) < 4.78 is 5.58. The molecule has 0 unspecified atom stereocenters. The predicted octanol–water partition coefficient (Wildman–Crippen LogP) is 2.90. The van der Waals surface area contributed by atoms with E-state index in [1.54, 1.807) is 6.07 Å². The van der Waals surface area contributed by atoms with Crippen LogP contribution in [0.4, 0.5) is 11.4 Å². The van der Waals surface area contributed by atoms with E-state index in [9.17, 15) is 14.9 Å². The van der Waals surface area contributed by atoms with Crippen LogP contribution in [0.25, 0.3) is 0 Å². The van der Waals surface area contributed by atoms with Crippen LogP contribution in [0, 0.1) is 10.1 Å². The number of ether oxygens (including phenoxy) is 1. The van der Waals surface area contributed by atoms with Crippen LogP contribution in [0.1, 0.15) is 13.8 Å². The number of nitrogens with one attached hydrogen (secondary N) is 1. The molecule has 23 heavy (non-hydrogen) atoms. The van der Waals surface area contributed by atoms with Gasteiger partial charge in [-0.05, 0) is 26.0 Å². The van der Waals surface area contributed by atoms with Crippen molar-refractivity contribution >= 4 is 45.6 Å². The highest BCUT2D eigenvalue weighted by Gasteiger charge is 2.18. The minimum absolute atomic E-state index is 0.0958. The lowest BCUT2D eigenvalue weighted by Gasteiger charge is -2.20.